The number of hydrogen-bond donors (Lipinski definition) is 2. The summed E-state index contributed by atoms with van der Waals surface area (Å²) in [6.45, 7) is 1.33. The van der Waals surface area contributed by atoms with Crippen molar-refractivity contribution in [3.63, 3.8) is 0 Å². The van der Waals surface area contributed by atoms with Crippen molar-refractivity contribution in [2.75, 3.05) is 25.6 Å². The zero-order valence-corrected chi connectivity index (χ0v) is 10.5. The highest BCUT2D eigenvalue weighted by atomic mass is 16.5. The largest absolute Gasteiger partial charge is 0.384 e. The van der Waals surface area contributed by atoms with E-state index in [1.165, 1.54) is 12.7 Å². The molecule has 0 atom stereocenters. The van der Waals surface area contributed by atoms with Gasteiger partial charge in [-0.2, -0.15) is 0 Å². The number of anilines is 1. The first-order valence-corrected chi connectivity index (χ1v) is 6.04. The number of carbonyl (C=O) groups is 1. The molecule has 1 aliphatic rings. The second kappa shape index (κ2) is 5.77. The topological polar surface area (TPSA) is 76.1 Å². The fourth-order valence-corrected chi connectivity index (χ4v) is 2.15. The van der Waals surface area contributed by atoms with Gasteiger partial charge in [0.15, 0.2) is 0 Å². The number of nitrogens with zero attached hydrogens (tertiary/aromatic N) is 2. The molecule has 2 amide bonds. The maximum atomic E-state index is 11.7. The molecule has 0 aliphatic heterocycles. The Morgan fingerprint density at radius 1 is 1.56 bits per heavy atom. The number of rotatable bonds is 5. The molecule has 98 valence electrons. The number of methoxy groups -OCH3 is 1. The van der Waals surface area contributed by atoms with E-state index >= 15 is 0 Å². The van der Waals surface area contributed by atoms with E-state index in [0.29, 0.717) is 19.0 Å². The highest BCUT2D eigenvalue weighted by Crippen LogP contribution is 2.40. The molecule has 18 heavy (non-hydrogen) atoms. The van der Waals surface area contributed by atoms with E-state index in [-0.39, 0.29) is 11.4 Å². The number of nitrogens with one attached hydrogen (secondary N) is 2. The summed E-state index contributed by atoms with van der Waals surface area (Å²) in [5.41, 5.74) is 0.123. The summed E-state index contributed by atoms with van der Waals surface area (Å²) in [5.74, 6) is 0.497. The fraction of sp³-hybridized carbons (Fsp3) is 0.583. The number of urea groups is 1. The van der Waals surface area contributed by atoms with E-state index < -0.39 is 0 Å². The maximum Gasteiger partial charge on any atom is 0.320 e. The number of ether oxygens (including phenoxy) is 1. The minimum Gasteiger partial charge on any atom is -0.384 e. The molecule has 0 saturated heterocycles. The van der Waals surface area contributed by atoms with Crippen LogP contribution in [0.3, 0.4) is 0 Å². The van der Waals surface area contributed by atoms with Crippen LogP contribution < -0.4 is 10.6 Å². The van der Waals surface area contributed by atoms with Crippen LogP contribution in [0, 0.1) is 5.41 Å². The molecule has 1 saturated carbocycles. The highest BCUT2D eigenvalue weighted by molar-refractivity contribution is 5.88. The Bertz CT molecular complexity index is 392. The first-order chi connectivity index (χ1) is 8.74. The highest BCUT2D eigenvalue weighted by Gasteiger charge is 2.37. The second-order valence-electron chi connectivity index (χ2n) is 4.69. The third-order valence-corrected chi connectivity index (χ3v) is 3.31. The molecule has 6 heteroatoms. The van der Waals surface area contributed by atoms with Crippen LogP contribution in [0.25, 0.3) is 0 Å². The lowest BCUT2D eigenvalue weighted by Crippen LogP contribution is -2.46. The first-order valence-electron chi connectivity index (χ1n) is 6.04. The summed E-state index contributed by atoms with van der Waals surface area (Å²) in [4.78, 5) is 19.4. The molecular weight excluding hydrogens is 232 g/mol. The monoisotopic (exact) mass is 250 g/mol. The maximum absolute atomic E-state index is 11.7. The predicted molar refractivity (Wildman–Crippen MR) is 67.2 cm³/mol. The Morgan fingerprint density at radius 2 is 2.39 bits per heavy atom. The fourth-order valence-electron chi connectivity index (χ4n) is 2.15. The van der Waals surface area contributed by atoms with Crippen LogP contribution in [-0.4, -0.2) is 36.3 Å². The summed E-state index contributed by atoms with van der Waals surface area (Å²) < 4.78 is 5.21. The van der Waals surface area contributed by atoms with Crippen molar-refractivity contribution in [2.24, 2.45) is 5.41 Å². The summed E-state index contributed by atoms with van der Waals surface area (Å²) in [5, 5.41) is 5.53. The minimum atomic E-state index is -0.240. The SMILES string of the molecule is COCC1(CNC(=O)Nc2ccncn2)CCC1. The van der Waals surface area contributed by atoms with Crippen LogP contribution in [0.5, 0.6) is 0 Å². The van der Waals surface area contributed by atoms with Gasteiger partial charge in [-0.25, -0.2) is 14.8 Å². The van der Waals surface area contributed by atoms with Crippen molar-refractivity contribution in [1.29, 1.82) is 0 Å². The van der Waals surface area contributed by atoms with Gasteiger partial charge in [-0.3, -0.25) is 5.32 Å². The van der Waals surface area contributed by atoms with Crippen LogP contribution in [0.2, 0.25) is 0 Å². The first kappa shape index (κ1) is 12.8. The summed E-state index contributed by atoms with van der Waals surface area (Å²) in [6.07, 6.45) is 6.40. The molecule has 2 N–H and O–H groups in total. The molecule has 1 aromatic rings. The van der Waals surface area contributed by atoms with Gasteiger partial charge in [0.2, 0.25) is 0 Å². The average molecular weight is 250 g/mol. The van der Waals surface area contributed by atoms with E-state index in [9.17, 15) is 4.79 Å². The molecule has 0 spiro atoms. The number of amides is 2. The summed E-state index contributed by atoms with van der Waals surface area (Å²) >= 11 is 0. The van der Waals surface area contributed by atoms with E-state index in [0.717, 1.165) is 12.8 Å². The van der Waals surface area contributed by atoms with Crippen molar-refractivity contribution in [3.05, 3.63) is 18.6 Å². The quantitative estimate of drug-likeness (QED) is 0.828. The van der Waals surface area contributed by atoms with Crippen LogP contribution in [0.1, 0.15) is 19.3 Å². The van der Waals surface area contributed by atoms with Crippen molar-refractivity contribution in [1.82, 2.24) is 15.3 Å². The number of aromatic nitrogens is 2. The van der Waals surface area contributed by atoms with Gasteiger partial charge in [0.05, 0.1) is 6.61 Å². The van der Waals surface area contributed by atoms with Crippen LogP contribution in [0.15, 0.2) is 18.6 Å². The third-order valence-electron chi connectivity index (χ3n) is 3.31. The zero-order chi connectivity index (χ0) is 12.8. The van der Waals surface area contributed by atoms with E-state index in [1.54, 1.807) is 19.4 Å². The lowest BCUT2D eigenvalue weighted by atomic mass is 9.69. The van der Waals surface area contributed by atoms with E-state index in [2.05, 4.69) is 20.6 Å². The van der Waals surface area contributed by atoms with Crippen molar-refractivity contribution >= 4 is 11.8 Å². The summed E-state index contributed by atoms with van der Waals surface area (Å²) in [6, 6.07) is 1.41. The zero-order valence-electron chi connectivity index (χ0n) is 10.5. The molecule has 0 unspecified atom stereocenters. The molecular formula is C12H18N4O2. The van der Waals surface area contributed by atoms with Crippen molar-refractivity contribution in [2.45, 2.75) is 19.3 Å². The van der Waals surface area contributed by atoms with Gasteiger partial charge in [0.25, 0.3) is 0 Å². The molecule has 0 aromatic carbocycles. The molecule has 0 radical (unpaired) electrons. The van der Waals surface area contributed by atoms with Crippen LogP contribution in [0.4, 0.5) is 10.6 Å². The molecule has 1 aliphatic carbocycles. The normalized spacial score (nSPS) is 16.7. The molecule has 2 rings (SSSR count). The number of carbonyl (C=O) groups excluding carboxylic acids is 1. The Labute approximate surface area is 106 Å². The molecule has 0 bridgehead atoms. The second-order valence-corrected chi connectivity index (χ2v) is 4.69. The lowest BCUT2D eigenvalue weighted by molar-refractivity contribution is 0.0203. The Hall–Kier alpha value is -1.69. The van der Waals surface area contributed by atoms with Crippen LogP contribution in [-0.2, 0) is 4.74 Å². The van der Waals surface area contributed by atoms with E-state index in [1.807, 2.05) is 0 Å². The van der Waals surface area contributed by atoms with Gasteiger partial charge in [-0.1, -0.05) is 6.42 Å². The minimum absolute atomic E-state index is 0.123. The molecule has 1 fully saturated rings. The standard InChI is InChI=1S/C12H18N4O2/c1-18-8-12(4-2-5-12)7-14-11(17)16-10-3-6-13-9-15-10/h3,6,9H,2,4-5,7-8H2,1H3,(H2,13,14,15,16,17). The Balaban J connectivity index is 1.78. The average Bonchev–Trinajstić information content (AvgIpc) is 2.34. The van der Waals surface area contributed by atoms with E-state index in [4.69, 9.17) is 4.74 Å². The molecule has 1 heterocycles. The van der Waals surface area contributed by atoms with Crippen molar-refractivity contribution in [3.8, 4) is 0 Å². The van der Waals surface area contributed by atoms with Gasteiger partial charge >= 0.3 is 6.03 Å². The smallest absolute Gasteiger partial charge is 0.320 e. The predicted octanol–water partition coefficient (Wildman–Crippen LogP) is 1.41. The lowest BCUT2D eigenvalue weighted by Gasteiger charge is -2.41. The van der Waals surface area contributed by atoms with Crippen molar-refractivity contribution < 1.29 is 9.53 Å². The van der Waals surface area contributed by atoms with Gasteiger partial charge < -0.3 is 10.1 Å². The van der Waals surface area contributed by atoms with Crippen LogP contribution >= 0.6 is 0 Å². The Kier molecular flexibility index (Phi) is 4.09. The van der Waals surface area contributed by atoms with Gasteiger partial charge in [0, 0.05) is 25.3 Å². The summed E-state index contributed by atoms with van der Waals surface area (Å²) in [7, 11) is 1.70. The van der Waals surface area contributed by atoms with Gasteiger partial charge in [-0.15, -0.1) is 0 Å². The number of hydrogen-bond acceptors (Lipinski definition) is 4. The molecule has 6 nitrogen and oxygen atoms in total. The van der Waals surface area contributed by atoms with Gasteiger partial charge in [0.1, 0.15) is 12.1 Å². The Morgan fingerprint density at radius 3 is 2.94 bits per heavy atom. The molecule has 1 aromatic heterocycles. The van der Waals surface area contributed by atoms with Gasteiger partial charge in [-0.05, 0) is 18.9 Å². The third kappa shape index (κ3) is 3.16.